The number of esters is 4. The average Bonchev–Trinajstić information content (AvgIpc) is 1.29. The fourth-order valence-corrected chi connectivity index (χ4v) is 11.5. The number of aromatic nitrogens is 2. The predicted molar refractivity (Wildman–Crippen MR) is 437 cm³/mol. The normalized spacial score (nSPS) is 10.4. The van der Waals surface area contributed by atoms with E-state index in [9.17, 15) is 19.2 Å². The SMILES string of the molecule is C=CC(=O)OCCCCCCOc1ccc(C#Cc2ccc(C#Cc3ccc(OCCCCCCOC(=O)C=C)cc3)c(/C=N/Nc3nc4ccccc4s3)c2)cc1.C=CC(=O)OCCCOc1ccc(C#Cc2ccc(C#Cc3ccc(OCCCOC(=O)C=C)cc3)c(/C=N/Nc3nc4ccccc4s3)c2)cc1. The Labute approximate surface area is 649 Å². The summed E-state index contributed by atoms with van der Waals surface area (Å²) >= 11 is 3.06. The van der Waals surface area contributed by atoms with Crippen LogP contribution in [-0.4, -0.2) is 99.1 Å². The Morgan fingerprint density at radius 1 is 0.336 bits per heavy atom. The highest BCUT2D eigenvalue weighted by Gasteiger charge is 2.09. The Hall–Kier alpha value is -13.2. The number of anilines is 2. The van der Waals surface area contributed by atoms with Gasteiger partial charge in [-0.3, -0.25) is 10.9 Å². The minimum Gasteiger partial charge on any atom is -0.494 e. The van der Waals surface area contributed by atoms with E-state index in [1.54, 1.807) is 12.4 Å². The van der Waals surface area contributed by atoms with E-state index in [4.69, 9.17) is 37.9 Å². The lowest BCUT2D eigenvalue weighted by atomic mass is 10.0. The molecule has 8 aromatic carbocycles. The summed E-state index contributed by atoms with van der Waals surface area (Å²) in [5, 5.41) is 10.4. The quantitative estimate of drug-likeness (QED) is 0.00710. The number of hydrogen-bond acceptors (Lipinski definition) is 20. The van der Waals surface area contributed by atoms with Crippen molar-refractivity contribution in [3.05, 3.63) is 288 Å². The van der Waals surface area contributed by atoms with Gasteiger partial charge in [-0.15, -0.1) is 0 Å². The second kappa shape index (κ2) is 46.0. The van der Waals surface area contributed by atoms with Gasteiger partial charge in [0.15, 0.2) is 0 Å². The molecule has 0 saturated heterocycles. The molecule has 0 bridgehead atoms. The number of fused-ring (bicyclic) bond motifs is 2. The van der Waals surface area contributed by atoms with Crippen molar-refractivity contribution in [3.8, 4) is 70.4 Å². The summed E-state index contributed by atoms with van der Waals surface area (Å²) in [7, 11) is 0. The van der Waals surface area contributed by atoms with Gasteiger partial charge >= 0.3 is 23.9 Å². The van der Waals surface area contributed by atoms with E-state index in [1.165, 1.54) is 34.8 Å². The molecule has 556 valence electrons. The van der Waals surface area contributed by atoms with Crippen LogP contribution in [0.5, 0.6) is 23.0 Å². The molecular weight excluding hydrogens is 1420 g/mol. The summed E-state index contributed by atoms with van der Waals surface area (Å²) in [4.78, 5) is 53.7. The molecule has 0 saturated carbocycles. The third kappa shape index (κ3) is 29.2. The van der Waals surface area contributed by atoms with Crippen molar-refractivity contribution in [2.45, 2.75) is 64.2 Å². The van der Waals surface area contributed by atoms with E-state index < -0.39 is 11.9 Å². The predicted octanol–water partition coefficient (Wildman–Crippen LogP) is 17.4. The van der Waals surface area contributed by atoms with Gasteiger partial charge in [-0.05, 0) is 209 Å². The van der Waals surface area contributed by atoms with Crippen LogP contribution in [0.15, 0.2) is 243 Å². The molecule has 0 aliphatic heterocycles. The van der Waals surface area contributed by atoms with Crippen molar-refractivity contribution in [1.82, 2.24) is 9.97 Å². The molecule has 18 nitrogen and oxygen atoms in total. The summed E-state index contributed by atoms with van der Waals surface area (Å²) in [6.07, 6.45) is 16.6. The van der Waals surface area contributed by atoms with Crippen LogP contribution in [0.4, 0.5) is 10.3 Å². The first kappa shape index (κ1) is 80.8. The number of hydrazone groups is 2. The molecule has 0 amide bonds. The zero-order chi connectivity index (χ0) is 77.0. The van der Waals surface area contributed by atoms with Gasteiger partial charge in [0.25, 0.3) is 0 Å². The molecule has 0 unspecified atom stereocenters. The van der Waals surface area contributed by atoms with Crippen LogP contribution in [0.2, 0.25) is 0 Å². The van der Waals surface area contributed by atoms with E-state index in [0.717, 1.165) is 151 Å². The molecule has 10 rings (SSSR count). The minimum absolute atomic E-state index is 0.267. The highest BCUT2D eigenvalue weighted by atomic mass is 32.1. The number of hydrogen-bond donors (Lipinski definition) is 2. The topological polar surface area (TPSA) is 217 Å². The fraction of sp³-hybridized carbons (Fsp3) is 0.200. The minimum atomic E-state index is -0.446. The zero-order valence-electron chi connectivity index (χ0n) is 60.8. The number of para-hydroxylation sites is 2. The van der Waals surface area contributed by atoms with Crippen LogP contribution in [0.3, 0.4) is 0 Å². The van der Waals surface area contributed by atoms with Crippen LogP contribution in [0.25, 0.3) is 20.4 Å². The van der Waals surface area contributed by atoms with Gasteiger partial charge < -0.3 is 37.9 Å². The van der Waals surface area contributed by atoms with Gasteiger partial charge in [0.2, 0.25) is 10.3 Å². The number of nitrogens with zero attached hydrogens (tertiary/aromatic N) is 4. The van der Waals surface area contributed by atoms with Gasteiger partial charge in [0.1, 0.15) is 23.0 Å². The Bertz CT molecular complexity index is 5010. The summed E-state index contributed by atoms with van der Waals surface area (Å²) in [6, 6.07) is 58.1. The molecule has 0 fully saturated rings. The average molecular weight is 1500 g/mol. The first-order valence-electron chi connectivity index (χ1n) is 35.7. The highest BCUT2D eigenvalue weighted by molar-refractivity contribution is 7.22. The molecule has 2 heterocycles. The van der Waals surface area contributed by atoms with Gasteiger partial charge in [-0.2, -0.15) is 10.2 Å². The molecule has 110 heavy (non-hydrogen) atoms. The number of unbranched alkanes of at least 4 members (excludes halogenated alkanes) is 6. The number of benzene rings is 8. The van der Waals surface area contributed by atoms with Crippen LogP contribution in [-0.2, 0) is 38.1 Å². The number of ether oxygens (including phenoxy) is 8. The highest BCUT2D eigenvalue weighted by Crippen LogP contribution is 2.27. The molecular formula is C90H82N6O12S2. The summed E-state index contributed by atoms with van der Waals surface area (Å²) in [6.45, 7) is 17.0. The molecule has 0 atom stereocenters. The standard InChI is InChI=1S/C48H47N3O6S.C42H35N3O6S/c1-3-46(52)56-33-13-7-5-11-31-54-42-27-21-37(22-28-42)17-18-39-20-26-40(41(35-39)36-49-51-48-50-44-15-9-10-16-45(44)58-48)25-19-38-23-29-43(30-24-38)55-32-12-6-8-14-34-57-47(53)4-2;1-3-40(46)50-27-7-25-48-36-21-15-31(16-22-36)11-12-33-14-20-34(35(29-33)30-43-45-42-44-38-9-5-6-10-39(38)52-42)19-13-32-17-23-37(24-18-32)49-26-8-28-51-41(47)4-2/h3-4,9-10,15-16,20-24,26-30,35-36H,1-2,5-8,11-14,31-34H2,(H,50,51);3-6,9-10,14-18,20-24,29-30H,1-2,7-8,25-28H2,(H,44,45)/b49-36+;43-30+. The Morgan fingerprint density at radius 2 is 0.618 bits per heavy atom. The number of thiazole rings is 2. The summed E-state index contributed by atoms with van der Waals surface area (Å²) in [5.74, 6) is 27.4. The number of carbonyl (C=O) groups is 4. The third-order valence-electron chi connectivity index (χ3n) is 15.6. The summed E-state index contributed by atoms with van der Waals surface area (Å²) in [5.41, 5.74) is 16.1. The van der Waals surface area contributed by atoms with E-state index in [0.29, 0.717) is 74.2 Å². The monoisotopic (exact) mass is 1500 g/mol. The Balaban J connectivity index is 0.000000255. The number of nitrogens with one attached hydrogen (secondary N) is 2. The van der Waals surface area contributed by atoms with Crippen LogP contribution in [0.1, 0.15) is 120 Å². The molecule has 20 heteroatoms. The maximum Gasteiger partial charge on any atom is 0.330 e. The van der Waals surface area contributed by atoms with Gasteiger partial charge in [0.05, 0.1) is 85.7 Å². The van der Waals surface area contributed by atoms with E-state index in [-0.39, 0.29) is 25.2 Å². The van der Waals surface area contributed by atoms with Crippen molar-refractivity contribution in [2.75, 3.05) is 63.7 Å². The smallest absolute Gasteiger partial charge is 0.330 e. The molecule has 0 radical (unpaired) electrons. The molecule has 0 aliphatic carbocycles. The second-order valence-corrected chi connectivity index (χ2v) is 25.9. The maximum atomic E-state index is 11.1. The van der Waals surface area contributed by atoms with E-state index in [1.807, 2.05) is 182 Å². The summed E-state index contributed by atoms with van der Waals surface area (Å²) < 4.78 is 45.4. The Kier molecular flexibility index (Phi) is 33.8. The van der Waals surface area contributed by atoms with Gasteiger partial charge in [-0.1, -0.05) is 121 Å². The number of rotatable bonds is 36. The third-order valence-corrected chi connectivity index (χ3v) is 17.5. The van der Waals surface area contributed by atoms with Gasteiger partial charge in [-0.25, -0.2) is 29.1 Å². The van der Waals surface area contributed by atoms with Crippen molar-refractivity contribution in [1.29, 1.82) is 0 Å². The van der Waals surface area contributed by atoms with E-state index in [2.05, 4.69) is 105 Å². The zero-order valence-corrected chi connectivity index (χ0v) is 62.5. The van der Waals surface area contributed by atoms with Crippen molar-refractivity contribution >= 4 is 89.7 Å². The fourth-order valence-electron chi connectivity index (χ4n) is 9.90. The molecule has 2 aromatic heterocycles. The van der Waals surface area contributed by atoms with E-state index >= 15 is 0 Å². The largest absolute Gasteiger partial charge is 0.494 e. The maximum absolute atomic E-state index is 11.1. The lowest BCUT2D eigenvalue weighted by Crippen LogP contribution is -2.06. The molecule has 10 aromatic rings. The van der Waals surface area contributed by atoms with Gasteiger partial charge in [0, 0.05) is 92.8 Å². The first-order chi connectivity index (χ1) is 54.0. The van der Waals surface area contributed by atoms with Crippen LogP contribution < -0.4 is 29.8 Å². The lowest BCUT2D eigenvalue weighted by molar-refractivity contribution is -0.138. The van der Waals surface area contributed by atoms with Crippen LogP contribution >= 0.6 is 22.7 Å². The number of carbonyl (C=O) groups excluding carboxylic acids is 4. The molecule has 0 aliphatic rings. The second-order valence-electron chi connectivity index (χ2n) is 23.8. The molecule has 0 spiro atoms. The van der Waals surface area contributed by atoms with Crippen LogP contribution in [0, 0.1) is 47.4 Å². The molecule has 2 N–H and O–H groups in total. The lowest BCUT2D eigenvalue weighted by Gasteiger charge is -2.06. The Morgan fingerprint density at radius 3 is 0.945 bits per heavy atom. The van der Waals surface area contributed by atoms with Crippen molar-refractivity contribution in [2.24, 2.45) is 10.2 Å². The van der Waals surface area contributed by atoms with Crippen molar-refractivity contribution in [3.63, 3.8) is 0 Å². The van der Waals surface area contributed by atoms with Crippen molar-refractivity contribution < 1.29 is 57.1 Å². The first-order valence-corrected chi connectivity index (χ1v) is 37.3.